The van der Waals surface area contributed by atoms with Crippen molar-refractivity contribution < 1.29 is 13.5 Å². The van der Waals surface area contributed by atoms with Crippen LogP contribution in [-0.2, 0) is 4.74 Å². The molecule has 0 aliphatic carbocycles. The normalized spacial score (nSPS) is 18.4. The maximum absolute atomic E-state index is 13.5. The van der Waals surface area contributed by atoms with Gasteiger partial charge in [0, 0.05) is 49.2 Å². The average molecular weight is 440 g/mol. The molecule has 0 atom stereocenters. The van der Waals surface area contributed by atoms with Crippen molar-refractivity contribution in [2.45, 2.75) is 19.4 Å². The lowest BCUT2D eigenvalue weighted by Crippen LogP contribution is -2.64. The molecule has 1 aromatic heterocycles. The third-order valence-corrected chi connectivity index (χ3v) is 6.17. The molecule has 2 fully saturated rings. The highest BCUT2D eigenvalue weighted by Gasteiger charge is 2.40. The summed E-state index contributed by atoms with van der Waals surface area (Å²) in [5.41, 5.74) is 3.60. The Morgan fingerprint density at radius 2 is 1.72 bits per heavy atom. The number of hydrogen-bond donors (Lipinski definition) is 2. The highest BCUT2D eigenvalue weighted by atomic mass is 19.1. The minimum absolute atomic E-state index is 0.180. The van der Waals surface area contributed by atoms with Gasteiger partial charge in [0.2, 0.25) is 5.95 Å². The summed E-state index contributed by atoms with van der Waals surface area (Å²) in [5, 5.41) is 10.1. The van der Waals surface area contributed by atoms with E-state index in [4.69, 9.17) is 4.74 Å². The van der Waals surface area contributed by atoms with Crippen LogP contribution in [0.1, 0.15) is 12.5 Å². The second kappa shape index (κ2) is 8.14. The number of halogens is 2. The Balaban J connectivity index is 1.29. The molecule has 2 N–H and O–H groups in total. The van der Waals surface area contributed by atoms with E-state index in [0.29, 0.717) is 17.3 Å². The van der Waals surface area contributed by atoms with E-state index in [0.717, 1.165) is 62.4 Å². The van der Waals surface area contributed by atoms with Gasteiger partial charge in [-0.2, -0.15) is 4.98 Å². The standard InChI is InChI=1S/C23H26F2N6O/c1-15-7-19(26-22-27-21(28-29-22)16-9-17(24)11-18(25)10-16)12-20(8-15)30-3-5-31(6-4-30)23(2)13-32-14-23/h7-12H,3-6,13-14H2,1-2H3,(H2,26,27,28,29). The van der Waals surface area contributed by atoms with E-state index in [1.54, 1.807) is 0 Å². The van der Waals surface area contributed by atoms with Crippen molar-refractivity contribution in [2.75, 3.05) is 49.6 Å². The number of rotatable bonds is 5. The van der Waals surface area contributed by atoms with Crippen molar-refractivity contribution in [3.05, 3.63) is 53.6 Å². The Morgan fingerprint density at radius 3 is 2.38 bits per heavy atom. The van der Waals surface area contributed by atoms with Gasteiger partial charge >= 0.3 is 0 Å². The first-order valence-corrected chi connectivity index (χ1v) is 10.7. The zero-order valence-electron chi connectivity index (χ0n) is 18.2. The van der Waals surface area contributed by atoms with Gasteiger partial charge < -0.3 is 15.0 Å². The summed E-state index contributed by atoms with van der Waals surface area (Å²) in [7, 11) is 0. The average Bonchev–Trinajstić information content (AvgIpc) is 3.19. The Morgan fingerprint density at radius 1 is 1.00 bits per heavy atom. The van der Waals surface area contributed by atoms with Gasteiger partial charge in [0.15, 0.2) is 5.82 Å². The third kappa shape index (κ3) is 4.18. The van der Waals surface area contributed by atoms with Crippen LogP contribution < -0.4 is 10.2 Å². The van der Waals surface area contributed by atoms with Crippen LogP contribution >= 0.6 is 0 Å². The highest BCUT2D eigenvalue weighted by molar-refractivity contribution is 5.65. The molecule has 0 saturated carbocycles. The lowest BCUT2D eigenvalue weighted by Gasteiger charge is -2.50. The number of aromatic amines is 1. The first-order chi connectivity index (χ1) is 15.4. The molecular formula is C23H26F2N6O. The third-order valence-electron chi connectivity index (χ3n) is 6.17. The molecule has 2 aliphatic heterocycles. The van der Waals surface area contributed by atoms with Crippen LogP contribution in [0.3, 0.4) is 0 Å². The van der Waals surface area contributed by atoms with E-state index < -0.39 is 11.6 Å². The largest absolute Gasteiger partial charge is 0.377 e. The number of nitrogens with one attached hydrogen (secondary N) is 2. The molecule has 7 nitrogen and oxygen atoms in total. The Bertz CT molecular complexity index is 1100. The fourth-order valence-corrected chi connectivity index (χ4v) is 4.37. The summed E-state index contributed by atoms with van der Waals surface area (Å²) in [6.45, 7) is 9.86. The smallest absolute Gasteiger partial charge is 0.246 e. The van der Waals surface area contributed by atoms with Crippen LogP contribution in [0, 0.1) is 18.6 Å². The second-order valence-electron chi connectivity index (χ2n) is 8.81. The summed E-state index contributed by atoms with van der Waals surface area (Å²) in [6, 6.07) is 9.53. The van der Waals surface area contributed by atoms with Gasteiger partial charge in [0.05, 0.1) is 18.8 Å². The van der Waals surface area contributed by atoms with Crippen LogP contribution in [0.15, 0.2) is 36.4 Å². The number of anilines is 3. The molecule has 3 heterocycles. The van der Waals surface area contributed by atoms with Gasteiger partial charge in [-0.25, -0.2) is 8.78 Å². The van der Waals surface area contributed by atoms with Crippen LogP contribution in [0.25, 0.3) is 11.4 Å². The summed E-state index contributed by atoms with van der Waals surface area (Å²) in [6.07, 6.45) is 0. The molecular weight excluding hydrogens is 414 g/mol. The highest BCUT2D eigenvalue weighted by Crippen LogP contribution is 2.29. The van der Waals surface area contributed by atoms with Crippen LogP contribution in [0.2, 0.25) is 0 Å². The van der Waals surface area contributed by atoms with Crippen LogP contribution in [-0.4, -0.2) is 65.0 Å². The van der Waals surface area contributed by atoms with E-state index in [1.807, 2.05) is 6.07 Å². The molecule has 0 bridgehead atoms. The predicted octanol–water partition coefficient (Wildman–Crippen LogP) is 3.71. The molecule has 2 aromatic carbocycles. The fourth-order valence-electron chi connectivity index (χ4n) is 4.37. The molecule has 168 valence electrons. The van der Waals surface area contributed by atoms with E-state index >= 15 is 0 Å². The van der Waals surface area contributed by atoms with E-state index in [-0.39, 0.29) is 5.54 Å². The van der Waals surface area contributed by atoms with Crippen LogP contribution in [0.4, 0.5) is 26.1 Å². The number of hydrogen-bond acceptors (Lipinski definition) is 6. The van der Waals surface area contributed by atoms with Crippen molar-refractivity contribution >= 4 is 17.3 Å². The Labute approximate surface area is 185 Å². The number of H-pyrrole nitrogens is 1. The van der Waals surface area contributed by atoms with Gasteiger partial charge in [-0.3, -0.25) is 10.00 Å². The van der Waals surface area contributed by atoms with Gasteiger partial charge in [0.1, 0.15) is 11.6 Å². The number of benzene rings is 2. The zero-order chi connectivity index (χ0) is 22.3. The topological polar surface area (TPSA) is 69.3 Å². The SMILES string of the molecule is Cc1cc(Nc2n[nH]c(-c3cc(F)cc(F)c3)n2)cc(N2CCN(C3(C)COC3)CC2)c1. The number of aromatic nitrogens is 3. The molecule has 3 aromatic rings. The minimum Gasteiger partial charge on any atom is -0.377 e. The lowest BCUT2D eigenvalue weighted by atomic mass is 9.97. The summed E-state index contributed by atoms with van der Waals surface area (Å²) >= 11 is 0. The Hall–Kier alpha value is -3.04. The van der Waals surface area contributed by atoms with Crippen molar-refractivity contribution in [1.82, 2.24) is 20.1 Å². The second-order valence-corrected chi connectivity index (χ2v) is 8.81. The Kier molecular flexibility index (Phi) is 5.30. The molecule has 9 heteroatoms. The van der Waals surface area contributed by atoms with Gasteiger partial charge in [-0.15, -0.1) is 5.10 Å². The molecule has 0 radical (unpaired) electrons. The maximum atomic E-state index is 13.5. The van der Waals surface area contributed by atoms with Crippen molar-refractivity contribution in [2.24, 2.45) is 0 Å². The summed E-state index contributed by atoms with van der Waals surface area (Å²) < 4.78 is 32.4. The molecule has 0 unspecified atom stereocenters. The van der Waals surface area contributed by atoms with Crippen molar-refractivity contribution in [3.63, 3.8) is 0 Å². The monoisotopic (exact) mass is 440 g/mol. The van der Waals surface area contributed by atoms with E-state index in [9.17, 15) is 8.78 Å². The number of nitrogens with zero attached hydrogens (tertiary/aromatic N) is 4. The number of aryl methyl sites for hydroxylation is 1. The number of piperazine rings is 1. The molecule has 32 heavy (non-hydrogen) atoms. The van der Waals surface area contributed by atoms with E-state index in [2.05, 4.69) is 56.3 Å². The summed E-state index contributed by atoms with van der Waals surface area (Å²) in [4.78, 5) is 9.25. The van der Waals surface area contributed by atoms with E-state index in [1.165, 1.54) is 12.1 Å². The first-order valence-electron chi connectivity index (χ1n) is 10.7. The molecule has 0 spiro atoms. The van der Waals surface area contributed by atoms with Crippen molar-refractivity contribution in [1.29, 1.82) is 0 Å². The molecule has 2 saturated heterocycles. The maximum Gasteiger partial charge on any atom is 0.246 e. The minimum atomic E-state index is -0.659. The van der Waals surface area contributed by atoms with Gasteiger partial charge in [-0.1, -0.05) is 0 Å². The molecule has 5 rings (SSSR count). The quantitative estimate of drug-likeness (QED) is 0.631. The first kappa shape index (κ1) is 20.8. The predicted molar refractivity (Wildman–Crippen MR) is 119 cm³/mol. The van der Waals surface area contributed by atoms with Crippen molar-refractivity contribution in [3.8, 4) is 11.4 Å². The lowest BCUT2D eigenvalue weighted by molar-refractivity contribution is -0.131. The fraction of sp³-hybridized carbons (Fsp3) is 0.391. The zero-order valence-corrected chi connectivity index (χ0v) is 18.2. The van der Waals surface area contributed by atoms with Gasteiger partial charge in [-0.05, 0) is 49.7 Å². The summed E-state index contributed by atoms with van der Waals surface area (Å²) in [5.74, 6) is -0.686. The molecule has 2 aliphatic rings. The number of ether oxygens (including phenoxy) is 1. The van der Waals surface area contributed by atoms with Gasteiger partial charge in [0.25, 0.3) is 0 Å². The van der Waals surface area contributed by atoms with Crippen LogP contribution in [0.5, 0.6) is 0 Å². The molecule has 0 amide bonds.